The molecule has 1 aromatic carbocycles. The minimum atomic E-state index is -0.459. The highest BCUT2D eigenvalue weighted by Crippen LogP contribution is 2.38. The van der Waals surface area contributed by atoms with Gasteiger partial charge >= 0.3 is 0 Å². The number of carbonyl (C=O) groups excluding carboxylic acids is 3. The smallest absolute Gasteiger partial charge is 0.249 e. The maximum Gasteiger partial charge on any atom is 0.249 e. The number of ether oxygens (including phenoxy) is 4. The zero-order valence-corrected chi connectivity index (χ0v) is 70.6. The van der Waals surface area contributed by atoms with Crippen LogP contribution >= 0.6 is 47.8 Å². The summed E-state index contributed by atoms with van der Waals surface area (Å²) in [5, 5.41) is 31.6. The Morgan fingerprint density at radius 2 is 0.962 bits per heavy atom. The van der Waals surface area contributed by atoms with Gasteiger partial charge in [-0.2, -0.15) is 4.39 Å². The van der Waals surface area contributed by atoms with Gasteiger partial charge in [0.1, 0.15) is 37.9 Å². The van der Waals surface area contributed by atoms with Crippen LogP contribution in [0.4, 0.5) is 4.39 Å². The maximum atomic E-state index is 12.0. The largest absolute Gasteiger partial charge is 0.461 e. The summed E-state index contributed by atoms with van der Waals surface area (Å²) in [6.45, 7) is 15.7. The lowest BCUT2D eigenvalue weighted by Gasteiger charge is -2.37. The lowest BCUT2D eigenvalue weighted by molar-refractivity contribution is -0.182. The molecule has 0 bridgehead atoms. The lowest BCUT2D eigenvalue weighted by atomic mass is 9.89. The topological polar surface area (TPSA) is 242 Å². The third-order valence-corrected chi connectivity index (χ3v) is 22.0. The van der Waals surface area contributed by atoms with Crippen molar-refractivity contribution in [1.29, 1.82) is 0 Å². The Bertz CT molecular complexity index is 3130. The SMILES string of the molecule is Brc1ccc2c3c(oc2c1)CCCC3.Brc1cccc(ON=C2CCCCC2)n1.CC(C)N1CCC(=NO)CC1.CC(C)N1CCC(=O)CC1.CN(C)C1CCC(=NO)CC1.CN(C)C1CCC(=O)CC1.CN(C)C1CCC2(CC1)OCCO2.CNC.Fc1cccc(Br)n1.O=C1CCC2(CC1)OCCO2. The van der Waals surface area contributed by atoms with E-state index in [0.717, 1.165) is 199 Å². The predicted octanol–water partition coefficient (Wildman–Crippen LogP) is 16.3. The molecule has 3 aromatic heterocycles. The number of piperidine rings is 2. The fourth-order valence-corrected chi connectivity index (χ4v) is 14.9. The zero-order valence-electron chi connectivity index (χ0n) is 65.8. The second-order valence-electron chi connectivity index (χ2n) is 29.7. The Hall–Kier alpha value is -4.55. The molecule has 6 aliphatic carbocycles. The van der Waals surface area contributed by atoms with Gasteiger partial charge in [0.25, 0.3) is 0 Å². The van der Waals surface area contributed by atoms with Crippen LogP contribution < -0.4 is 10.2 Å². The van der Waals surface area contributed by atoms with E-state index in [1.807, 2.05) is 26.2 Å². The highest BCUT2D eigenvalue weighted by molar-refractivity contribution is 9.11. The molecule has 4 aromatic rings. The van der Waals surface area contributed by atoms with Crippen molar-refractivity contribution in [2.45, 2.75) is 256 Å². The maximum absolute atomic E-state index is 12.0. The third kappa shape index (κ3) is 34.8. The molecule has 7 heterocycles. The fourth-order valence-electron chi connectivity index (χ4n) is 13.9. The first-order valence-corrected chi connectivity index (χ1v) is 41.1. The van der Waals surface area contributed by atoms with Gasteiger partial charge in [0.05, 0.1) is 43.6 Å². The fraction of sp³-hybridized carbons (Fsp3) is 0.700. The first kappa shape index (κ1) is 92.1. The molecule has 3 N–H and O–H groups in total. The molecule has 5 saturated carbocycles. The highest BCUT2D eigenvalue weighted by Gasteiger charge is 2.41. The summed E-state index contributed by atoms with van der Waals surface area (Å²) in [5.74, 6) is 1.95. The van der Waals surface area contributed by atoms with Gasteiger partial charge in [-0.25, -0.2) is 9.97 Å². The van der Waals surface area contributed by atoms with Crippen LogP contribution in [0, 0.1) is 5.95 Å². The molecule has 10 aliphatic rings. The van der Waals surface area contributed by atoms with E-state index in [4.69, 9.17) is 38.6 Å². The van der Waals surface area contributed by atoms with Gasteiger partial charge in [0, 0.05) is 161 Å². The monoisotopic (exact) mass is 1670 g/mol. The van der Waals surface area contributed by atoms with E-state index in [9.17, 15) is 18.8 Å². The average molecular weight is 1680 g/mol. The van der Waals surface area contributed by atoms with Crippen molar-refractivity contribution in [3.05, 3.63) is 85.5 Å². The van der Waals surface area contributed by atoms with Crippen LogP contribution in [0.2, 0.25) is 0 Å². The quantitative estimate of drug-likeness (QED) is 0.0885. The summed E-state index contributed by atoms with van der Waals surface area (Å²) < 4.78 is 42.5. The number of likely N-dealkylation sites (tertiary alicyclic amines) is 2. The van der Waals surface area contributed by atoms with Crippen molar-refractivity contribution < 1.29 is 57.4 Å². The Balaban J connectivity index is 0.000000214. The molecule has 2 spiro atoms. The van der Waals surface area contributed by atoms with Gasteiger partial charge in [-0.1, -0.05) is 50.0 Å². The van der Waals surface area contributed by atoms with Crippen molar-refractivity contribution in [2.24, 2.45) is 15.5 Å². The summed E-state index contributed by atoms with van der Waals surface area (Å²) >= 11 is 9.77. The molecule has 9 fully saturated rings. The summed E-state index contributed by atoms with van der Waals surface area (Å²) in [6, 6.07) is 19.7. The van der Waals surface area contributed by atoms with Crippen molar-refractivity contribution in [3.8, 4) is 5.88 Å². The summed E-state index contributed by atoms with van der Waals surface area (Å²) in [6.07, 6.45) is 29.3. The highest BCUT2D eigenvalue weighted by atomic mass is 79.9. The number of benzene rings is 1. The number of Topliss-reactive ketones (excluding diaryl/α,β-unsaturated/α-hetero) is 3. The van der Waals surface area contributed by atoms with E-state index in [2.05, 4.69) is 191 Å². The third-order valence-electron chi connectivity index (χ3n) is 20.6. The van der Waals surface area contributed by atoms with Gasteiger partial charge in [0.2, 0.25) is 11.8 Å². The van der Waals surface area contributed by atoms with Gasteiger partial charge < -0.3 is 68.4 Å². The predicted molar refractivity (Wildman–Crippen MR) is 431 cm³/mol. The number of carbonyl (C=O) groups is 3. The van der Waals surface area contributed by atoms with Crippen LogP contribution in [0.3, 0.4) is 0 Å². The standard InChI is InChI=1S/C12H11BrO.C11H13BrN2O.C10H19NO2.2C8H16N2O.2C8H15NO.C8H12O3.C5H3BrFN.C2H7N/c13-8-5-6-10-9-3-1-2-4-11(9)14-12(10)7-8;12-10-7-4-8-11(13-10)15-14-9-5-2-1-3-6-9;1-11(2)9-3-5-10(6-4-9)12-7-8-13-10;1-10(2)8-5-3-7(9-11)4-6-8;1-7(2)10-5-3-8(9-11)4-6-10;1-9(2)7-3-5-8(10)6-4-7;1-7(2)9-5-3-8(10)4-6-9;9-7-1-3-8(4-2-7)10-5-6-11-8;6-4-2-1-3-5(7)8-4;1-3-2/h5-7H,1-4H2;4,7-8H,1-3,5-6H2;9H,3-8H2,1-2H3;8,11H,3-6H2,1-2H3;7,11H,3-6H2,1-2H3;2*7H,3-6H2,1-2H3;1-6H2;1-3H;3H,1-2H3. The first-order chi connectivity index (χ1) is 50.8. The van der Waals surface area contributed by atoms with Gasteiger partial charge in [-0.05, 0) is 249 Å². The molecule has 26 heteroatoms. The minimum Gasteiger partial charge on any atom is -0.461 e. The van der Waals surface area contributed by atoms with Gasteiger partial charge in [-0.3, -0.25) is 14.4 Å². The van der Waals surface area contributed by atoms with E-state index >= 15 is 0 Å². The number of rotatable bonds is 7. The number of aryl methyl sites for hydroxylation is 2. The molecular formula is C80H127Br3FN11O11. The molecule has 22 nitrogen and oxygen atoms in total. The van der Waals surface area contributed by atoms with Crippen LogP contribution in [0.15, 0.2) is 88.2 Å². The molecule has 4 saturated heterocycles. The van der Waals surface area contributed by atoms with Crippen LogP contribution in [-0.4, -0.2) is 230 Å². The average Bonchev–Trinajstić information content (AvgIpc) is 1.65. The Morgan fingerprint density at radius 1 is 0.528 bits per heavy atom. The number of hydrogen-bond acceptors (Lipinski definition) is 22. The Labute approximate surface area is 657 Å². The minimum absolute atomic E-state index is 0.188. The van der Waals surface area contributed by atoms with Crippen molar-refractivity contribution in [3.63, 3.8) is 0 Å². The number of hydrogen-bond donors (Lipinski definition) is 3. The van der Waals surface area contributed by atoms with Gasteiger partial charge in [0.15, 0.2) is 11.6 Å². The Morgan fingerprint density at radius 3 is 1.43 bits per heavy atom. The van der Waals surface area contributed by atoms with Crippen LogP contribution in [0.1, 0.15) is 212 Å². The van der Waals surface area contributed by atoms with Crippen LogP contribution in [0.25, 0.3) is 11.0 Å². The molecule has 14 rings (SSSR count). The van der Waals surface area contributed by atoms with Gasteiger partial charge in [-0.15, -0.1) is 0 Å². The van der Waals surface area contributed by atoms with E-state index in [1.54, 1.807) is 18.2 Å². The van der Waals surface area contributed by atoms with Crippen molar-refractivity contribution in [1.82, 2.24) is 39.8 Å². The summed E-state index contributed by atoms with van der Waals surface area (Å²) in [7, 11) is 16.4. The number of halogens is 4. The lowest BCUT2D eigenvalue weighted by Crippen LogP contribution is -2.41. The molecule has 0 radical (unpaired) electrons. The number of pyridine rings is 2. The Kier molecular flexibility index (Phi) is 43.7. The zero-order chi connectivity index (χ0) is 77.4. The second kappa shape index (κ2) is 50.4. The van der Waals surface area contributed by atoms with Crippen molar-refractivity contribution in [2.75, 3.05) is 109 Å². The second-order valence-corrected chi connectivity index (χ2v) is 32.3. The van der Waals surface area contributed by atoms with E-state index in [0.29, 0.717) is 78.1 Å². The molecular weight excluding hydrogens is 1550 g/mol. The molecule has 106 heavy (non-hydrogen) atoms. The number of fused-ring (bicyclic) bond motifs is 3. The molecule has 4 aliphatic heterocycles. The molecule has 596 valence electrons. The molecule has 0 atom stereocenters. The van der Waals surface area contributed by atoms with Crippen LogP contribution in [-0.2, 0) is 46.2 Å². The number of nitrogens with one attached hydrogen (secondary N) is 1. The number of ketones is 3. The van der Waals surface area contributed by atoms with Crippen molar-refractivity contribution >= 4 is 93.2 Å². The van der Waals surface area contributed by atoms with Crippen LogP contribution in [0.5, 0.6) is 5.88 Å². The first-order valence-electron chi connectivity index (χ1n) is 38.7. The molecule has 0 unspecified atom stereocenters. The number of furan rings is 1. The van der Waals surface area contributed by atoms with E-state index in [1.165, 1.54) is 74.1 Å². The summed E-state index contributed by atoms with van der Waals surface area (Å²) in [4.78, 5) is 56.9. The summed E-state index contributed by atoms with van der Waals surface area (Å²) in [5.41, 5.74) is 5.54. The van der Waals surface area contributed by atoms with E-state index < -0.39 is 5.95 Å². The van der Waals surface area contributed by atoms with E-state index in [-0.39, 0.29) is 11.6 Å². The normalized spacial score (nSPS) is 20.9. The molecule has 0 amide bonds. The number of oxime groups is 3. The number of nitrogens with zero attached hydrogens (tertiary/aromatic N) is 10. The number of aromatic nitrogens is 2.